The second kappa shape index (κ2) is 5.75. The van der Waals surface area contributed by atoms with E-state index >= 15 is 0 Å². The van der Waals surface area contributed by atoms with Crippen LogP contribution >= 0.6 is 15.9 Å². The van der Waals surface area contributed by atoms with Crippen molar-refractivity contribution in [2.24, 2.45) is 5.92 Å². The second-order valence-electron chi connectivity index (χ2n) is 5.68. The first-order valence-corrected chi connectivity index (χ1v) is 7.62. The van der Waals surface area contributed by atoms with E-state index in [0.29, 0.717) is 11.3 Å². The Labute approximate surface area is 131 Å². The Bertz CT molecular complexity index is 604. The predicted octanol–water partition coefficient (Wildman–Crippen LogP) is 2.77. The topological polar surface area (TPSA) is 49.4 Å². The molecule has 1 aromatic rings. The van der Waals surface area contributed by atoms with Crippen LogP contribution in [0.3, 0.4) is 0 Å². The number of hydrogen-bond acceptors (Lipinski definition) is 2. The maximum Gasteiger partial charge on any atom is 0.250 e. The van der Waals surface area contributed by atoms with E-state index in [1.165, 1.54) is 11.0 Å². The normalized spacial score (nSPS) is 22.7. The minimum Gasteiger partial charge on any atom is -0.343 e. The fraction of sp³-hybridized carbons (Fsp3) is 0.467. The lowest BCUT2D eigenvalue weighted by Crippen LogP contribution is -2.64. The Hall–Kier alpha value is -1.43. The lowest BCUT2D eigenvalue weighted by atomic mass is 9.95. The van der Waals surface area contributed by atoms with Gasteiger partial charge in [0, 0.05) is 5.69 Å². The van der Waals surface area contributed by atoms with Crippen molar-refractivity contribution in [3.63, 3.8) is 0 Å². The fourth-order valence-corrected chi connectivity index (χ4v) is 2.92. The Morgan fingerprint density at radius 2 is 1.95 bits per heavy atom. The summed E-state index contributed by atoms with van der Waals surface area (Å²) in [4.78, 5) is 26.3. The third kappa shape index (κ3) is 2.81. The molecule has 0 bridgehead atoms. The van der Waals surface area contributed by atoms with Crippen molar-refractivity contribution in [3.8, 4) is 0 Å². The predicted molar refractivity (Wildman–Crippen MR) is 82.6 cm³/mol. The van der Waals surface area contributed by atoms with E-state index in [1.807, 2.05) is 13.8 Å². The van der Waals surface area contributed by atoms with Crippen LogP contribution < -0.4 is 10.2 Å². The highest BCUT2D eigenvalue weighted by Gasteiger charge is 2.41. The summed E-state index contributed by atoms with van der Waals surface area (Å²) in [5.74, 6) is -0.809. The SMILES string of the molecule is Cc1cc(F)c(Br)cc1N1C(=O)C(C)NC(=O)C1C(C)C. The highest BCUT2D eigenvalue weighted by molar-refractivity contribution is 9.10. The first-order chi connectivity index (χ1) is 9.73. The smallest absolute Gasteiger partial charge is 0.250 e. The molecule has 21 heavy (non-hydrogen) atoms. The molecule has 4 nitrogen and oxygen atoms in total. The molecule has 1 aromatic carbocycles. The molecular formula is C15H18BrFN2O2. The summed E-state index contributed by atoms with van der Waals surface area (Å²) in [7, 11) is 0. The van der Waals surface area contributed by atoms with Crippen LogP contribution in [0.25, 0.3) is 0 Å². The first kappa shape index (κ1) is 15.9. The van der Waals surface area contributed by atoms with E-state index < -0.39 is 12.1 Å². The number of carbonyl (C=O) groups is 2. The highest BCUT2D eigenvalue weighted by atomic mass is 79.9. The molecule has 1 heterocycles. The van der Waals surface area contributed by atoms with Gasteiger partial charge in [-0.2, -0.15) is 0 Å². The number of piperazine rings is 1. The van der Waals surface area contributed by atoms with E-state index in [9.17, 15) is 14.0 Å². The highest BCUT2D eigenvalue weighted by Crippen LogP contribution is 2.32. The second-order valence-corrected chi connectivity index (χ2v) is 6.53. The van der Waals surface area contributed by atoms with Gasteiger partial charge >= 0.3 is 0 Å². The number of benzene rings is 1. The van der Waals surface area contributed by atoms with Crippen LogP contribution in [0.5, 0.6) is 0 Å². The number of nitrogens with one attached hydrogen (secondary N) is 1. The zero-order chi connectivity index (χ0) is 15.9. The van der Waals surface area contributed by atoms with Crippen LogP contribution in [0.15, 0.2) is 16.6 Å². The van der Waals surface area contributed by atoms with Crippen molar-refractivity contribution < 1.29 is 14.0 Å². The largest absolute Gasteiger partial charge is 0.343 e. The van der Waals surface area contributed by atoms with Gasteiger partial charge in [-0.3, -0.25) is 14.5 Å². The van der Waals surface area contributed by atoms with Crippen LogP contribution in [0.1, 0.15) is 26.3 Å². The lowest BCUT2D eigenvalue weighted by Gasteiger charge is -2.40. The van der Waals surface area contributed by atoms with Crippen molar-refractivity contribution >= 4 is 33.4 Å². The maximum absolute atomic E-state index is 13.6. The average molecular weight is 357 g/mol. The molecule has 0 aliphatic carbocycles. The minimum atomic E-state index is -0.593. The molecule has 0 aromatic heterocycles. The number of hydrogen-bond donors (Lipinski definition) is 1. The summed E-state index contributed by atoms with van der Waals surface area (Å²) in [6, 6.07) is 1.74. The Morgan fingerprint density at radius 1 is 1.33 bits per heavy atom. The van der Waals surface area contributed by atoms with Crippen molar-refractivity contribution in [3.05, 3.63) is 28.0 Å². The number of amides is 2. The summed E-state index contributed by atoms with van der Waals surface area (Å²) < 4.78 is 13.9. The summed E-state index contributed by atoms with van der Waals surface area (Å²) in [6.45, 7) is 7.15. The zero-order valence-electron chi connectivity index (χ0n) is 12.4. The number of anilines is 1. The number of aryl methyl sites for hydroxylation is 1. The van der Waals surface area contributed by atoms with Crippen LogP contribution in [0.2, 0.25) is 0 Å². The third-order valence-corrected chi connectivity index (χ3v) is 4.25. The lowest BCUT2D eigenvalue weighted by molar-refractivity contribution is -0.134. The van der Waals surface area contributed by atoms with Gasteiger partial charge in [0.1, 0.15) is 17.9 Å². The van der Waals surface area contributed by atoms with Gasteiger partial charge in [0.25, 0.3) is 0 Å². The zero-order valence-corrected chi connectivity index (χ0v) is 14.0. The van der Waals surface area contributed by atoms with Crippen molar-refractivity contribution in [1.82, 2.24) is 5.32 Å². The van der Waals surface area contributed by atoms with E-state index in [0.717, 1.165) is 0 Å². The fourth-order valence-electron chi connectivity index (χ4n) is 2.59. The summed E-state index contributed by atoms with van der Waals surface area (Å²) in [5, 5.41) is 2.69. The van der Waals surface area contributed by atoms with Gasteiger partial charge < -0.3 is 5.32 Å². The molecule has 1 aliphatic heterocycles. The molecule has 6 heteroatoms. The Kier molecular flexibility index (Phi) is 4.37. The van der Waals surface area contributed by atoms with Crippen LogP contribution in [-0.2, 0) is 9.59 Å². The molecule has 1 N–H and O–H groups in total. The molecule has 2 rings (SSSR count). The van der Waals surface area contributed by atoms with Gasteiger partial charge in [0.2, 0.25) is 11.8 Å². The van der Waals surface area contributed by atoms with Crippen LogP contribution in [0, 0.1) is 18.7 Å². The molecule has 0 spiro atoms. The molecule has 1 saturated heterocycles. The molecule has 2 amide bonds. The maximum atomic E-state index is 13.6. The number of nitrogens with zero attached hydrogens (tertiary/aromatic N) is 1. The quantitative estimate of drug-likeness (QED) is 0.885. The van der Waals surface area contributed by atoms with Crippen molar-refractivity contribution in [1.29, 1.82) is 0 Å². The van der Waals surface area contributed by atoms with Gasteiger partial charge in [-0.15, -0.1) is 0 Å². The van der Waals surface area contributed by atoms with Crippen molar-refractivity contribution in [2.45, 2.75) is 39.8 Å². The molecule has 1 aliphatic rings. The van der Waals surface area contributed by atoms with E-state index in [-0.39, 0.29) is 28.0 Å². The summed E-state index contributed by atoms with van der Waals surface area (Å²) in [5.41, 5.74) is 1.19. The van der Waals surface area contributed by atoms with Gasteiger partial charge in [-0.1, -0.05) is 13.8 Å². The van der Waals surface area contributed by atoms with Gasteiger partial charge in [0.15, 0.2) is 0 Å². The minimum absolute atomic E-state index is 0.0512. The van der Waals surface area contributed by atoms with Crippen molar-refractivity contribution in [2.75, 3.05) is 4.90 Å². The molecular weight excluding hydrogens is 339 g/mol. The molecule has 114 valence electrons. The molecule has 2 atom stereocenters. The van der Waals surface area contributed by atoms with Gasteiger partial charge in [-0.05, 0) is 53.4 Å². The third-order valence-electron chi connectivity index (χ3n) is 3.64. The number of rotatable bonds is 2. The van der Waals surface area contributed by atoms with E-state index in [1.54, 1.807) is 19.9 Å². The summed E-state index contributed by atoms with van der Waals surface area (Å²) >= 11 is 3.14. The number of carbonyl (C=O) groups excluding carboxylic acids is 2. The molecule has 0 radical (unpaired) electrons. The Balaban J connectivity index is 2.58. The molecule has 0 saturated carbocycles. The Morgan fingerprint density at radius 3 is 2.52 bits per heavy atom. The standard InChI is InChI=1S/C15H18BrFN2O2/c1-7(2)13-14(20)18-9(4)15(21)19(13)12-6-10(16)11(17)5-8(12)3/h5-7,9,13H,1-4H3,(H,18,20). The monoisotopic (exact) mass is 356 g/mol. The van der Waals surface area contributed by atoms with E-state index in [2.05, 4.69) is 21.2 Å². The van der Waals surface area contributed by atoms with Crippen LogP contribution in [0.4, 0.5) is 10.1 Å². The number of halogens is 2. The molecule has 1 fully saturated rings. The van der Waals surface area contributed by atoms with Crippen LogP contribution in [-0.4, -0.2) is 23.9 Å². The molecule has 2 unspecified atom stereocenters. The van der Waals surface area contributed by atoms with E-state index in [4.69, 9.17) is 0 Å². The first-order valence-electron chi connectivity index (χ1n) is 6.83. The average Bonchev–Trinajstić information content (AvgIpc) is 2.37. The summed E-state index contributed by atoms with van der Waals surface area (Å²) in [6.07, 6.45) is 0. The van der Waals surface area contributed by atoms with Gasteiger partial charge in [-0.25, -0.2) is 4.39 Å². The van der Waals surface area contributed by atoms with Gasteiger partial charge in [0.05, 0.1) is 4.47 Å².